The van der Waals surface area contributed by atoms with Gasteiger partial charge in [-0.2, -0.15) is 0 Å². The van der Waals surface area contributed by atoms with Crippen LogP contribution in [0.2, 0.25) is 10.0 Å². The van der Waals surface area contributed by atoms with Gasteiger partial charge < -0.3 is 9.47 Å². The molecule has 1 heterocycles. The van der Waals surface area contributed by atoms with Crippen molar-refractivity contribution < 1.29 is 9.47 Å². The number of hydrogen-bond donors (Lipinski definition) is 0. The van der Waals surface area contributed by atoms with Crippen molar-refractivity contribution in [2.75, 3.05) is 18.5 Å². The molecule has 0 unspecified atom stereocenters. The first-order valence-electron chi connectivity index (χ1n) is 4.48. The molecule has 0 amide bonds. The minimum absolute atomic E-state index is 0.487. The molecule has 0 spiro atoms. The molecule has 5 heteroatoms. The molecular weight excluding hydrogens is 303 g/mol. The zero-order valence-corrected chi connectivity index (χ0v) is 10.9. The van der Waals surface area contributed by atoms with Crippen molar-refractivity contribution in [3.8, 4) is 0 Å². The van der Waals surface area contributed by atoms with E-state index in [4.69, 9.17) is 32.7 Å². The summed E-state index contributed by atoms with van der Waals surface area (Å²) < 4.78 is 11.2. The normalized spacial score (nSPS) is 19.4. The lowest BCUT2D eigenvalue weighted by Gasteiger charge is -2.26. The molecule has 0 aliphatic carbocycles. The van der Waals surface area contributed by atoms with Crippen molar-refractivity contribution in [1.29, 1.82) is 0 Å². The van der Waals surface area contributed by atoms with E-state index in [9.17, 15) is 0 Å². The summed E-state index contributed by atoms with van der Waals surface area (Å²) in [7, 11) is 0. The van der Waals surface area contributed by atoms with Crippen LogP contribution in [0, 0.1) is 0 Å². The second kappa shape index (κ2) is 4.60. The number of ether oxygens (including phenoxy) is 2. The Morgan fingerprint density at radius 1 is 1.27 bits per heavy atom. The smallest absolute Gasteiger partial charge is 0.206 e. The zero-order valence-electron chi connectivity index (χ0n) is 7.80. The molecule has 0 atom stereocenters. The van der Waals surface area contributed by atoms with Crippen molar-refractivity contribution in [2.24, 2.45) is 0 Å². The maximum absolute atomic E-state index is 6.13. The average Bonchev–Trinajstić information content (AvgIpc) is 2.72. The number of benzene rings is 1. The van der Waals surface area contributed by atoms with Gasteiger partial charge in [0.2, 0.25) is 5.79 Å². The van der Waals surface area contributed by atoms with Gasteiger partial charge in [-0.3, -0.25) is 0 Å². The molecule has 1 saturated heterocycles. The molecule has 82 valence electrons. The summed E-state index contributed by atoms with van der Waals surface area (Å²) in [6.07, 6.45) is 0. The third-order valence-electron chi connectivity index (χ3n) is 2.29. The third kappa shape index (κ3) is 2.04. The highest BCUT2D eigenvalue weighted by Gasteiger charge is 2.39. The second-order valence-corrected chi connectivity index (χ2v) is 4.53. The van der Waals surface area contributed by atoms with Crippen molar-refractivity contribution in [1.82, 2.24) is 0 Å². The Kier molecular flexibility index (Phi) is 3.58. The minimum atomic E-state index is -0.790. The van der Waals surface area contributed by atoms with Crippen LogP contribution in [0.1, 0.15) is 5.56 Å². The molecule has 0 bridgehead atoms. The highest BCUT2D eigenvalue weighted by Crippen LogP contribution is 2.39. The van der Waals surface area contributed by atoms with Crippen LogP contribution in [-0.4, -0.2) is 18.5 Å². The second-order valence-electron chi connectivity index (χ2n) is 3.18. The van der Waals surface area contributed by atoms with E-state index >= 15 is 0 Å². The average molecular weight is 312 g/mol. The van der Waals surface area contributed by atoms with E-state index in [0.717, 1.165) is 5.56 Å². The fourth-order valence-electron chi connectivity index (χ4n) is 1.56. The fraction of sp³-hybridized carbons (Fsp3) is 0.400. The maximum Gasteiger partial charge on any atom is 0.206 e. The Morgan fingerprint density at radius 2 is 1.93 bits per heavy atom. The summed E-state index contributed by atoms with van der Waals surface area (Å²) in [5.74, 6) is -0.790. The molecule has 1 aliphatic rings. The molecule has 2 nitrogen and oxygen atoms in total. The van der Waals surface area contributed by atoms with Gasteiger partial charge in [0.1, 0.15) is 0 Å². The molecule has 15 heavy (non-hydrogen) atoms. The van der Waals surface area contributed by atoms with Gasteiger partial charge in [0, 0.05) is 5.56 Å². The molecule has 2 rings (SSSR count). The van der Waals surface area contributed by atoms with Crippen LogP contribution in [0.5, 0.6) is 0 Å². The Bertz CT molecular complexity index is 364. The molecule has 0 radical (unpaired) electrons. The summed E-state index contributed by atoms with van der Waals surface area (Å²) >= 11 is 15.5. The Morgan fingerprint density at radius 3 is 2.53 bits per heavy atom. The first-order valence-corrected chi connectivity index (χ1v) is 6.36. The number of rotatable bonds is 2. The minimum Gasteiger partial charge on any atom is -0.343 e. The fourth-order valence-corrected chi connectivity index (χ4v) is 2.63. The van der Waals surface area contributed by atoms with Gasteiger partial charge in [-0.1, -0.05) is 51.3 Å². The Hall–Kier alpha value is 0.200. The van der Waals surface area contributed by atoms with Gasteiger partial charge in [0.05, 0.1) is 28.6 Å². The highest BCUT2D eigenvalue weighted by atomic mass is 79.9. The van der Waals surface area contributed by atoms with E-state index in [2.05, 4.69) is 15.9 Å². The van der Waals surface area contributed by atoms with Crippen LogP contribution in [0.25, 0.3) is 0 Å². The number of hydrogen-bond acceptors (Lipinski definition) is 2. The van der Waals surface area contributed by atoms with Crippen LogP contribution < -0.4 is 0 Å². The first-order chi connectivity index (χ1) is 7.19. The Labute approximate surface area is 107 Å². The molecule has 1 fully saturated rings. The van der Waals surface area contributed by atoms with Crippen LogP contribution in [-0.2, 0) is 15.3 Å². The van der Waals surface area contributed by atoms with E-state index in [1.807, 2.05) is 12.1 Å². The molecule has 0 saturated carbocycles. The first kappa shape index (κ1) is 11.7. The monoisotopic (exact) mass is 310 g/mol. The van der Waals surface area contributed by atoms with Gasteiger partial charge in [0.25, 0.3) is 0 Å². The van der Waals surface area contributed by atoms with Gasteiger partial charge in [-0.25, -0.2) is 0 Å². The Balaban J connectivity index is 2.47. The van der Waals surface area contributed by atoms with Crippen molar-refractivity contribution in [2.45, 2.75) is 5.79 Å². The SMILES string of the molecule is Clc1cccc(C2(CBr)OCCO2)c1Cl. The predicted octanol–water partition coefficient (Wildman–Crippen LogP) is 3.59. The van der Waals surface area contributed by atoms with Gasteiger partial charge in [-0.15, -0.1) is 0 Å². The largest absolute Gasteiger partial charge is 0.343 e. The topological polar surface area (TPSA) is 18.5 Å². The number of alkyl halides is 1. The van der Waals surface area contributed by atoms with Crippen molar-refractivity contribution in [3.05, 3.63) is 33.8 Å². The third-order valence-corrected chi connectivity index (χ3v) is 3.85. The standard InChI is InChI=1S/C10H9BrCl2O2/c11-6-10(14-4-5-15-10)7-2-1-3-8(12)9(7)13/h1-3H,4-6H2. The van der Waals surface area contributed by atoms with Gasteiger partial charge in [0.15, 0.2) is 0 Å². The summed E-state index contributed by atoms with van der Waals surface area (Å²) in [6, 6.07) is 5.43. The molecule has 0 aromatic heterocycles. The van der Waals surface area contributed by atoms with E-state index in [0.29, 0.717) is 28.6 Å². The van der Waals surface area contributed by atoms with E-state index in [1.165, 1.54) is 0 Å². The van der Waals surface area contributed by atoms with Crippen molar-refractivity contribution >= 4 is 39.1 Å². The predicted molar refractivity (Wildman–Crippen MR) is 63.8 cm³/mol. The van der Waals surface area contributed by atoms with Crippen LogP contribution in [0.15, 0.2) is 18.2 Å². The lowest BCUT2D eigenvalue weighted by atomic mass is 10.1. The summed E-state index contributed by atoms with van der Waals surface area (Å²) in [4.78, 5) is 0. The molecule has 1 aliphatic heterocycles. The van der Waals surface area contributed by atoms with Crippen LogP contribution >= 0.6 is 39.1 Å². The molecule has 0 N–H and O–H groups in total. The van der Waals surface area contributed by atoms with Crippen molar-refractivity contribution in [3.63, 3.8) is 0 Å². The quantitative estimate of drug-likeness (QED) is 0.777. The van der Waals surface area contributed by atoms with Gasteiger partial charge in [-0.05, 0) is 6.07 Å². The summed E-state index contributed by atoms with van der Waals surface area (Å²) in [5.41, 5.74) is 0.769. The molecule has 1 aromatic rings. The zero-order chi connectivity index (χ0) is 10.9. The lowest BCUT2D eigenvalue weighted by molar-refractivity contribution is -0.144. The summed E-state index contributed by atoms with van der Waals surface area (Å²) in [6.45, 7) is 1.13. The molecular formula is C10H9BrCl2O2. The molecule has 1 aromatic carbocycles. The van der Waals surface area contributed by atoms with E-state index < -0.39 is 5.79 Å². The van der Waals surface area contributed by atoms with Crippen LogP contribution in [0.3, 0.4) is 0 Å². The highest BCUT2D eigenvalue weighted by molar-refractivity contribution is 9.09. The van der Waals surface area contributed by atoms with E-state index in [-0.39, 0.29) is 0 Å². The van der Waals surface area contributed by atoms with E-state index in [1.54, 1.807) is 6.07 Å². The number of halogens is 3. The van der Waals surface area contributed by atoms with Gasteiger partial charge >= 0.3 is 0 Å². The lowest BCUT2D eigenvalue weighted by Crippen LogP contribution is -2.29. The van der Waals surface area contributed by atoms with Crippen LogP contribution in [0.4, 0.5) is 0 Å². The maximum atomic E-state index is 6.13. The summed E-state index contributed by atoms with van der Waals surface area (Å²) in [5, 5.41) is 1.52.